The number of amides is 1. The van der Waals surface area contributed by atoms with E-state index in [1.165, 1.54) is 12.3 Å². The Hall–Kier alpha value is -1.49. The van der Waals surface area contributed by atoms with Crippen molar-refractivity contribution in [3.05, 3.63) is 29.8 Å². The highest BCUT2D eigenvalue weighted by molar-refractivity contribution is 5.82. The quantitative estimate of drug-likeness (QED) is 0.641. The molecule has 1 fully saturated rings. The molecule has 0 radical (unpaired) electrons. The fraction of sp³-hybridized carbons (Fsp3) is 0.538. The summed E-state index contributed by atoms with van der Waals surface area (Å²) in [5, 5.41) is 8.82. The summed E-state index contributed by atoms with van der Waals surface area (Å²) in [5.74, 6) is -0.560. The standard InChI is InChI=1S/C13H17FN2O2/c1-2-13(12(17)16-18)4-3-9(6-13)10-5-11(14)8-15-7-10/h5,7-9,18H,2-4,6H2,1H3,(H,16,17). The van der Waals surface area contributed by atoms with Gasteiger partial charge in [-0.2, -0.15) is 0 Å². The van der Waals surface area contributed by atoms with Crippen LogP contribution in [0.3, 0.4) is 0 Å². The topological polar surface area (TPSA) is 62.2 Å². The van der Waals surface area contributed by atoms with Gasteiger partial charge in [-0.25, -0.2) is 9.87 Å². The second-order valence-corrected chi connectivity index (χ2v) is 4.95. The third kappa shape index (κ3) is 2.22. The second kappa shape index (κ2) is 5.02. The molecular formula is C13H17FN2O2. The Labute approximate surface area is 105 Å². The number of nitrogens with zero attached hydrogens (tertiary/aromatic N) is 1. The number of aromatic nitrogens is 1. The molecule has 18 heavy (non-hydrogen) atoms. The number of carbonyl (C=O) groups is 1. The van der Waals surface area contributed by atoms with Crippen LogP contribution in [-0.4, -0.2) is 16.1 Å². The van der Waals surface area contributed by atoms with E-state index in [4.69, 9.17) is 5.21 Å². The van der Waals surface area contributed by atoms with Gasteiger partial charge in [-0.05, 0) is 43.2 Å². The van der Waals surface area contributed by atoms with Gasteiger partial charge in [0.05, 0.1) is 11.6 Å². The van der Waals surface area contributed by atoms with E-state index >= 15 is 0 Å². The molecule has 1 heterocycles. The van der Waals surface area contributed by atoms with Crippen LogP contribution in [0.15, 0.2) is 18.5 Å². The van der Waals surface area contributed by atoms with Crippen molar-refractivity contribution in [1.29, 1.82) is 0 Å². The molecule has 1 aliphatic rings. The van der Waals surface area contributed by atoms with E-state index in [1.54, 1.807) is 11.7 Å². The maximum Gasteiger partial charge on any atom is 0.249 e. The van der Waals surface area contributed by atoms with Gasteiger partial charge in [0.15, 0.2) is 0 Å². The minimum atomic E-state index is -0.536. The summed E-state index contributed by atoms with van der Waals surface area (Å²) in [5.41, 5.74) is 2.05. The lowest BCUT2D eigenvalue weighted by Crippen LogP contribution is -2.37. The molecular weight excluding hydrogens is 235 g/mol. The molecule has 1 aromatic rings. The number of hydrogen-bond donors (Lipinski definition) is 2. The van der Waals surface area contributed by atoms with Crippen LogP contribution < -0.4 is 5.48 Å². The van der Waals surface area contributed by atoms with Gasteiger partial charge in [-0.15, -0.1) is 0 Å². The number of hydrogen-bond acceptors (Lipinski definition) is 3. The van der Waals surface area contributed by atoms with Crippen LogP contribution in [0.5, 0.6) is 0 Å². The number of pyridine rings is 1. The van der Waals surface area contributed by atoms with Crippen molar-refractivity contribution < 1.29 is 14.4 Å². The highest BCUT2D eigenvalue weighted by Crippen LogP contribution is 2.48. The Kier molecular flexibility index (Phi) is 3.61. The molecule has 0 bridgehead atoms. The Bertz CT molecular complexity index is 452. The van der Waals surface area contributed by atoms with E-state index in [0.29, 0.717) is 19.3 Å². The van der Waals surface area contributed by atoms with E-state index in [9.17, 15) is 9.18 Å². The molecule has 0 saturated heterocycles. The smallest absolute Gasteiger partial charge is 0.249 e. The van der Waals surface area contributed by atoms with Crippen LogP contribution in [0.1, 0.15) is 44.1 Å². The van der Waals surface area contributed by atoms with Crippen LogP contribution in [0.25, 0.3) is 0 Å². The fourth-order valence-electron chi connectivity index (χ4n) is 2.87. The normalized spacial score (nSPS) is 27.2. The Morgan fingerprint density at radius 2 is 2.44 bits per heavy atom. The zero-order chi connectivity index (χ0) is 13.2. The Morgan fingerprint density at radius 3 is 3.06 bits per heavy atom. The molecule has 1 aromatic heterocycles. The zero-order valence-electron chi connectivity index (χ0n) is 10.3. The minimum Gasteiger partial charge on any atom is -0.289 e. The largest absolute Gasteiger partial charge is 0.289 e. The average Bonchev–Trinajstić information content (AvgIpc) is 2.83. The van der Waals surface area contributed by atoms with Crippen molar-refractivity contribution in [2.75, 3.05) is 0 Å². The van der Waals surface area contributed by atoms with Gasteiger partial charge in [-0.3, -0.25) is 15.0 Å². The van der Waals surface area contributed by atoms with Crippen LogP contribution in [0, 0.1) is 11.2 Å². The third-order valence-electron chi connectivity index (χ3n) is 4.07. The minimum absolute atomic E-state index is 0.130. The molecule has 5 heteroatoms. The molecule has 4 nitrogen and oxygen atoms in total. The fourth-order valence-corrected chi connectivity index (χ4v) is 2.87. The van der Waals surface area contributed by atoms with Gasteiger partial charge < -0.3 is 0 Å². The van der Waals surface area contributed by atoms with Crippen LogP contribution in [-0.2, 0) is 4.79 Å². The molecule has 2 unspecified atom stereocenters. The molecule has 98 valence electrons. The number of hydroxylamine groups is 1. The number of rotatable bonds is 3. The summed E-state index contributed by atoms with van der Waals surface area (Å²) in [4.78, 5) is 15.6. The summed E-state index contributed by atoms with van der Waals surface area (Å²) >= 11 is 0. The van der Waals surface area contributed by atoms with Crippen LogP contribution in [0.4, 0.5) is 4.39 Å². The first-order valence-corrected chi connectivity index (χ1v) is 6.16. The van der Waals surface area contributed by atoms with E-state index in [0.717, 1.165) is 12.0 Å². The zero-order valence-corrected chi connectivity index (χ0v) is 10.3. The van der Waals surface area contributed by atoms with Crippen molar-refractivity contribution in [3.63, 3.8) is 0 Å². The predicted molar refractivity (Wildman–Crippen MR) is 63.4 cm³/mol. The van der Waals surface area contributed by atoms with Crippen LogP contribution in [0.2, 0.25) is 0 Å². The van der Waals surface area contributed by atoms with Crippen molar-refractivity contribution in [2.24, 2.45) is 5.41 Å². The van der Waals surface area contributed by atoms with Gasteiger partial charge in [0, 0.05) is 6.20 Å². The lowest BCUT2D eigenvalue weighted by atomic mass is 9.81. The van der Waals surface area contributed by atoms with Gasteiger partial charge in [0.1, 0.15) is 5.82 Å². The first kappa shape index (κ1) is 13.0. The summed E-state index contributed by atoms with van der Waals surface area (Å²) in [6, 6.07) is 1.47. The van der Waals surface area contributed by atoms with Crippen molar-refractivity contribution in [2.45, 2.75) is 38.5 Å². The van der Waals surface area contributed by atoms with E-state index in [2.05, 4.69) is 4.98 Å². The third-order valence-corrected chi connectivity index (χ3v) is 4.07. The maximum absolute atomic E-state index is 13.1. The van der Waals surface area contributed by atoms with Gasteiger partial charge in [0.2, 0.25) is 5.91 Å². The van der Waals surface area contributed by atoms with Gasteiger partial charge in [-0.1, -0.05) is 6.92 Å². The van der Waals surface area contributed by atoms with Crippen molar-refractivity contribution >= 4 is 5.91 Å². The molecule has 1 amide bonds. The van der Waals surface area contributed by atoms with Crippen molar-refractivity contribution in [1.82, 2.24) is 10.5 Å². The van der Waals surface area contributed by atoms with E-state index < -0.39 is 5.41 Å². The Balaban J connectivity index is 2.19. The first-order valence-electron chi connectivity index (χ1n) is 6.16. The van der Waals surface area contributed by atoms with E-state index in [-0.39, 0.29) is 17.6 Å². The molecule has 2 rings (SSSR count). The summed E-state index contributed by atoms with van der Waals surface area (Å²) < 4.78 is 13.1. The molecule has 1 saturated carbocycles. The second-order valence-electron chi connectivity index (χ2n) is 4.95. The molecule has 0 spiro atoms. The van der Waals surface area contributed by atoms with E-state index in [1.807, 2.05) is 6.92 Å². The SMILES string of the molecule is CCC1(C(=O)NO)CCC(c2cncc(F)c2)C1. The summed E-state index contributed by atoms with van der Waals surface area (Å²) in [7, 11) is 0. The number of halogens is 1. The Morgan fingerprint density at radius 1 is 1.67 bits per heavy atom. The number of nitrogens with one attached hydrogen (secondary N) is 1. The lowest BCUT2D eigenvalue weighted by Gasteiger charge is -2.25. The maximum atomic E-state index is 13.1. The summed E-state index contributed by atoms with van der Waals surface area (Å²) in [6.07, 6.45) is 5.63. The number of carbonyl (C=O) groups excluding carboxylic acids is 1. The average molecular weight is 252 g/mol. The van der Waals surface area contributed by atoms with Crippen molar-refractivity contribution in [3.8, 4) is 0 Å². The monoisotopic (exact) mass is 252 g/mol. The van der Waals surface area contributed by atoms with Gasteiger partial charge >= 0.3 is 0 Å². The molecule has 0 aromatic carbocycles. The molecule has 2 atom stereocenters. The molecule has 1 aliphatic carbocycles. The van der Waals surface area contributed by atoms with Crippen LogP contribution >= 0.6 is 0 Å². The first-order chi connectivity index (χ1) is 8.61. The molecule has 2 N–H and O–H groups in total. The highest BCUT2D eigenvalue weighted by atomic mass is 19.1. The summed E-state index contributed by atoms with van der Waals surface area (Å²) in [6.45, 7) is 1.93. The predicted octanol–water partition coefficient (Wildman–Crippen LogP) is 2.39. The lowest BCUT2D eigenvalue weighted by molar-refractivity contribution is -0.139. The molecule has 0 aliphatic heterocycles. The highest BCUT2D eigenvalue weighted by Gasteiger charge is 2.44. The van der Waals surface area contributed by atoms with Gasteiger partial charge in [0.25, 0.3) is 0 Å².